The zero-order valence-corrected chi connectivity index (χ0v) is 22.7. The van der Waals surface area contributed by atoms with Crippen LogP contribution in [0.15, 0.2) is 112 Å². The molecule has 0 spiro atoms. The van der Waals surface area contributed by atoms with E-state index in [9.17, 15) is 19.7 Å². The molecule has 3 aromatic rings. The molecule has 0 amide bonds. The molecule has 2 atom stereocenters. The van der Waals surface area contributed by atoms with E-state index < -0.39 is 16.8 Å². The van der Waals surface area contributed by atoms with Gasteiger partial charge in [0, 0.05) is 35.6 Å². The summed E-state index contributed by atoms with van der Waals surface area (Å²) in [6.45, 7) is 1.70. The van der Waals surface area contributed by atoms with E-state index >= 15 is 0 Å². The van der Waals surface area contributed by atoms with Gasteiger partial charge < -0.3 is 9.47 Å². The highest BCUT2D eigenvalue weighted by Crippen LogP contribution is 2.48. The van der Waals surface area contributed by atoms with Gasteiger partial charge in [-0.2, -0.15) is 4.99 Å². The van der Waals surface area contributed by atoms with E-state index in [0.717, 1.165) is 5.56 Å². The summed E-state index contributed by atoms with van der Waals surface area (Å²) in [6, 6.07) is 24.7. The highest BCUT2D eigenvalue weighted by atomic mass is 35.5. The minimum absolute atomic E-state index is 0.0514. The lowest BCUT2D eigenvalue weighted by molar-refractivity contribution is -0.384. The van der Waals surface area contributed by atoms with Crippen molar-refractivity contribution in [3.63, 3.8) is 0 Å². The maximum atomic E-state index is 13.8. The number of halogens is 1. The van der Waals surface area contributed by atoms with Gasteiger partial charge in [-0.15, -0.1) is 4.99 Å². The number of nitro groups is 1. The number of Topliss-reactive ketones (excluding diaryl/α,β-unsaturated/α-hetero) is 1. The van der Waals surface area contributed by atoms with Crippen molar-refractivity contribution in [2.75, 3.05) is 6.61 Å². The Bertz CT molecular complexity index is 1640. The zero-order chi connectivity index (χ0) is 28.9. The van der Waals surface area contributed by atoms with Crippen LogP contribution < -0.4 is 0 Å². The molecule has 2 unspecified atom stereocenters. The number of carbonyl (C=O) groups is 2. The van der Waals surface area contributed by atoms with Crippen LogP contribution in [0.4, 0.5) is 11.4 Å². The molecule has 0 aromatic heterocycles. The van der Waals surface area contributed by atoms with E-state index in [1.807, 2.05) is 30.3 Å². The molecule has 0 bridgehead atoms. The van der Waals surface area contributed by atoms with Gasteiger partial charge in [-0.3, -0.25) is 14.9 Å². The Hall–Kier alpha value is -4.85. The number of esters is 1. The molecular formula is C31H24ClN3O6. The smallest absolute Gasteiger partial charge is 0.340 e. The van der Waals surface area contributed by atoms with Gasteiger partial charge in [0.25, 0.3) is 5.69 Å². The lowest BCUT2D eigenvalue weighted by atomic mass is 9.73. The zero-order valence-electron chi connectivity index (χ0n) is 22.0. The minimum Gasteiger partial charge on any atom is -0.462 e. The Morgan fingerprint density at radius 3 is 2.49 bits per heavy atom. The second kappa shape index (κ2) is 12.1. The first-order valence-electron chi connectivity index (χ1n) is 12.9. The molecule has 1 aliphatic heterocycles. The van der Waals surface area contributed by atoms with Crippen LogP contribution in [0.2, 0.25) is 5.02 Å². The van der Waals surface area contributed by atoms with E-state index in [2.05, 4.69) is 16.0 Å². The lowest BCUT2D eigenvalue weighted by Gasteiger charge is -2.34. The molecule has 0 N–H and O–H groups in total. The first-order valence-corrected chi connectivity index (χ1v) is 13.3. The lowest BCUT2D eigenvalue weighted by Crippen LogP contribution is -2.31. The maximum absolute atomic E-state index is 13.8. The van der Waals surface area contributed by atoms with Crippen molar-refractivity contribution in [2.24, 2.45) is 9.98 Å². The molecule has 0 radical (unpaired) electrons. The number of nitrogens with zero attached hydrogens (tertiary/aromatic N) is 3. The van der Waals surface area contributed by atoms with Crippen molar-refractivity contribution in [1.82, 2.24) is 0 Å². The number of hydrogen-bond acceptors (Lipinski definition) is 8. The Labute approximate surface area is 240 Å². The highest BCUT2D eigenvalue weighted by molar-refractivity contribution is 6.30. The maximum Gasteiger partial charge on any atom is 0.340 e. The molecule has 9 nitrogen and oxygen atoms in total. The molecule has 206 valence electrons. The number of hydrogen-bond donors (Lipinski definition) is 0. The van der Waals surface area contributed by atoms with E-state index in [1.165, 1.54) is 18.2 Å². The third-order valence-electron chi connectivity index (χ3n) is 6.83. The molecule has 3 aromatic carbocycles. The first-order chi connectivity index (χ1) is 19.9. The van der Waals surface area contributed by atoms with Crippen molar-refractivity contribution >= 4 is 40.7 Å². The van der Waals surface area contributed by atoms with Crippen LogP contribution in [0.25, 0.3) is 0 Å². The van der Waals surface area contributed by atoms with Gasteiger partial charge in [0.05, 0.1) is 23.1 Å². The van der Waals surface area contributed by atoms with Gasteiger partial charge in [-0.25, -0.2) is 4.79 Å². The summed E-state index contributed by atoms with van der Waals surface area (Å²) < 4.78 is 11.5. The van der Waals surface area contributed by atoms with Gasteiger partial charge in [0.1, 0.15) is 17.3 Å². The van der Waals surface area contributed by atoms with E-state index in [1.54, 1.807) is 37.3 Å². The standard InChI is InChI=1S/C31H24ClN3O6/c1-2-40-31(37)29-27(20-9-6-10-24(15-20)35(38)39)28-25(36)16-21(19-7-4-3-5-8-19)17-26(28)41-30(29)34-18-33-23-13-11-22(32)12-14-23/h3-15,21,27H,2,16-17H2,1H3. The van der Waals surface area contributed by atoms with Crippen LogP contribution >= 0.6 is 11.6 Å². The van der Waals surface area contributed by atoms with Crippen LogP contribution in [0.1, 0.15) is 42.7 Å². The van der Waals surface area contributed by atoms with Crippen molar-refractivity contribution in [3.8, 4) is 0 Å². The van der Waals surface area contributed by atoms with E-state index in [0.29, 0.717) is 28.5 Å². The molecule has 41 heavy (non-hydrogen) atoms. The second-order valence-corrected chi connectivity index (χ2v) is 9.84. The predicted molar refractivity (Wildman–Crippen MR) is 152 cm³/mol. The van der Waals surface area contributed by atoms with Gasteiger partial charge in [-0.1, -0.05) is 54.1 Å². The molecule has 0 fully saturated rings. The number of rotatable bonds is 7. The molecular weight excluding hydrogens is 546 g/mol. The molecule has 0 saturated heterocycles. The van der Waals surface area contributed by atoms with Crippen molar-refractivity contribution in [2.45, 2.75) is 31.6 Å². The predicted octanol–water partition coefficient (Wildman–Crippen LogP) is 7.04. The Kier molecular flexibility index (Phi) is 8.19. The average Bonchev–Trinajstić information content (AvgIpc) is 2.98. The summed E-state index contributed by atoms with van der Waals surface area (Å²) in [5.41, 5.74) is 1.87. The van der Waals surface area contributed by atoms with Crippen molar-refractivity contribution < 1.29 is 24.0 Å². The van der Waals surface area contributed by atoms with Crippen LogP contribution in [-0.4, -0.2) is 29.3 Å². The summed E-state index contributed by atoms with van der Waals surface area (Å²) in [6.07, 6.45) is 0.546. The van der Waals surface area contributed by atoms with Gasteiger partial charge in [0.2, 0.25) is 5.88 Å². The summed E-state index contributed by atoms with van der Waals surface area (Å²) in [5, 5.41) is 12.2. The van der Waals surface area contributed by atoms with E-state index in [-0.39, 0.29) is 47.4 Å². The largest absolute Gasteiger partial charge is 0.462 e. The van der Waals surface area contributed by atoms with Gasteiger partial charge in [-0.05, 0) is 48.2 Å². The number of allylic oxidation sites excluding steroid dienone is 2. The van der Waals surface area contributed by atoms with Crippen LogP contribution in [-0.2, 0) is 19.1 Å². The number of ether oxygens (including phenoxy) is 2. The van der Waals surface area contributed by atoms with Gasteiger partial charge >= 0.3 is 5.97 Å². The summed E-state index contributed by atoms with van der Waals surface area (Å²) in [4.78, 5) is 46.7. The fraction of sp³-hybridized carbons (Fsp3) is 0.194. The Balaban J connectivity index is 1.67. The number of carbonyl (C=O) groups excluding carboxylic acids is 2. The molecule has 2 aliphatic rings. The number of non-ortho nitro benzene ring substituents is 1. The second-order valence-electron chi connectivity index (χ2n) is 9.40. The van der Waals surface area contributed by atoms with Crippen LogP contribution in [0.5, 0.6) is 0 Å². The van der Waals surface area contributed by atoms with Crippen LogP contribution in [0, 0.1) is 10.1 Å². The molecule has 1 aliphatic carbocycles. The topological polar surface area (TPSA) is 120 Å². The molecule has 5 rings (SSSR count). The fourth-order valence-corrected chi connectivity index (χ4v) is 5.13. The van der Waals surface area contributed by atoms with Crippen molar-refractivity contribution in [3.05, 3.63) is 128 Å². The fourth-order valence-electron chi connectivity index (χ4n) is 5.01. The molecule has 1 heterocycles. The number of aliphatic imine (C=N–C) groups is 2. The first kappa shape index (κ1) is 27.7. The Morgan fingerprint density at radius 2 is 1.78 bits per heavy atom. The summed E-state index contributed by atoms with van der Waals surface area (Å²) in [5.74, 6) is -1.95. The number of nitro benzene ring substituents is 1. The normalized spacial score (nSPS) is 18.1. The summed E-state index contributed by atoms with van der Waals surface area (Å²) in [7, 11) is 0. The average molecular weight is 570 g/mol. The molecule has 10 heteroatoms. The summed E-state index contributed by atoms with van der Waals surface area (Å²) >= 11 is 5.95. The number of benzene rings is 3. The van der Waals surface area contributed by atoms with Crippen molar-refractivity contribution in [1.29, 1.82) is 0 Å². The highest BCUT2D eigenvalue weighted by Gasteiger charge is 2.44. The quantitative estimate of drug-likeness (QED) is 0.130. The van der Waals surface area contributed by atoms with Crippen LogP contribution in [0.3, 0.4) is 0 Å². The SMILES string of the molecule is CCOC(=O)C1=C(N=C=Nc2ccc(Cl)cc2)OC2=C(C(=O)CC(c3ccccc3)C2)C1c1cccc([N+](=O)[O-])c1. The van der Waals surface area contributed by atoms with Gasteiger partial charge in [0.15, 0.2) is 5.78 Å². The Morgan fingerprint density at radius 1 is 1.05 bits per heavy atom. The molecule has 0 saturated carbocycles. The third-order valence-corrected chi connectivity index (χ3v) is 7.08. The monoisotopic (exact) mass is 569 g/mol. The van der Waals surface area contributed by atoms with E-state index in [4.69, 9.17) is 21.1 Å². The third kappa shape index (κ3) is 6.01. The minimum atomic E-state index is -1.00. The number of ketones is 1.